The van der Waals surface area contributed by atoms with Crippen LogP contribution in [0, 0.1) is 0 Å². The molecule has 0 unspecified atom stereocenters. The first-order valence-corrected chi connectivity index (χ1v) is 4.81. The van der Waals surface area contributed by atoms with E-state index in [1.807, 2.05) is 60.4 Å². The lowest BCUT2D eigenvalue weighted by Crippen LogP contribution is -1.89. The van der Waals surface area contributed by atoms with Crippen LogP contribution in [0.1, 0.15) is 5.56 Å². The van der Waals surface area contributed by atoms with Gasteiger partial charge in [0.05, 0.1) is 11.9 Å². The van der Waals surface area contributed by atoms with E-state index in [9.17, 15) is 0 Å². The Balaban J connectivity index is 1.96. The van der Waals surface area contributed by atoms with Gasteiger partial charge in [0, 0.05) is 25.0 Å². The highest BCUT2D eigenvalue weighted by molar-refractivity contribution is 5.79. The van der Waals surface area contributed by atoms with E-state index in [1.165, 1.54) is 0 Å². The number of rotatable bonds is 3. The maximum Gasteiger partial charge on any atom is 0.0561 e. The molecule has 0 aliphatic rings. The fraction of sp³-hybridized carbons (Fsp3) is 0.0833. The molecule has 76 valence electrons. The van der Waals surface area contributed by atoms with Crippen molar-refractivity contribution in [2.75, 3.05) is 5.43 Å². The van der Waals surface area contributed by atoms with Crippen LogP contribution in [0.4, 0.5) is 5.69 Å². The van der Waals surface area contributed by atoms with Crippen LogP contribution >= 0.6 is 0 Å². The molecule has 0 radical (unpaired) electrons. The van der Waals surface area contributed by atoms with Gasteiger partial charge in [-0.1, -0.05) is 18.2 Å². The number of anilines is 1. The molecule has 0 atom stereocenters. The number of para-hydroxylation sites is 1. The molecule has 1 aromatic carbocycles. The first kappa shape index (κ1) is 9.52. The van der Waals surface area contributed by atoms with E-state index in [-0.39, 0.29) is 0 Å². The molecule has 0 saturated heterocycles. The molecular weight excluding hydrogens is 186 g/mol. The van der Waals surface area contributed by atoms with Gasteiger partial charge in [-0.2, -0.15) is 5.10 Å². The number of hydrazone groups is 1. The molecule has 0 fully saturated rings. The Hall–Kier alpha value is -2.03. The Kier molecular flexibility index (Phi) is 2.83. The Bertz CT molecular complexity index is 443. The minimum absolute atomic E-state index is 0.990. The number of nitrogens with zero attached hydrogens (tertiary/aromatic N) is 2. The van der Waals surface area contributed by atoms with Gasteiger partial charge in [-0.25, -0.2) is 0 Å². The van der Waals surface area contributed by atoms with Gasteiger partial charge in [-0.05, 0) is 18.2 Å². The molecular formula is C12H13N3. The summed E-state index contributed by atoms with van der Waals surface area (Å²) in [4.78, 5) is 0. The van der Waals surface area contributed by atoms with Crippen molar-refractivity contribution >= 4 is 11.9 Å². The van der Waals surface area contributed by atoms with Crippen molar-refractivity contribution in [3.8, 4) is 0 Å². The second-order valence-corrected chi connectivity index (χ2v) is 3.35. The highest BCUT2D eigenvalue weighted by atomic mass is 15.3. The highest BCUT2D eigenvalue weighted by Crippen LogP contribution is 2.04. The Morgan fingerprint density at radius 3 is 2.67 bits per heavy atom. The summed E-state index contributed by atoms with van der Waals surface area (Å²) in [6.45, 7) is 0. The van der Waals surface area contributed by atoms with E-state index in [0.717, 1.165) is 11.3 Å². The predicted octanol–water partition coefficient (Wildman–Crippen LogP) is 2.47. The molecule has 15 heavy (non-hydrogen) atoms. The molecule has 3 nitrogen and oxygen atoms in total. The third-order valence-corrected chi connectivity index (χ3v) is 2.04. The van der Waals surface area contributed by atoms with Crippen molar-refractivity contribution in [2.24, 2.45) is 12.1 Å². The van der Waals surface area contributed by atoms with Crippen LogP contribution < -0.4 is 5.43 Å². The largest absolute Gasteiger partial charge is 0.357 e. The van der Waals surface area contributed by atoms with Crippen molar-refractivity contribution in [2.45, 2.75) is 0 Å². The first-order valence-electron chi connectivity index (χ1n) is 4.81. The minimum Gasteiger partial charge on any atom is -0.357 e. The summed E-state index contributed by atoms with van der Waals surface area (Å²) < 4.78 is 1.99. The van der Waals surface area contributed by atoms with Gasteiger partial charge in [0.25, 0.3) is 0 Å². The maximum absolute atomic E-state index is 4.14. The predicted molar refractivity (Wildman–Crippen MR) is 63.1 cm³/mol. The Morgan fingerprint density at radius 1 is 1.20 bits per heavy atom. The van der Waals surface area contributed by atoms with Crippen LogP contribution in [0.15, 0.2) is 53.9 Å². The van der Waals surface area contributed by atoms with Gasteiger partial charge in [-0.3, -0.25) is 5.43 Å². The molecule has 2 rings (SSSR count). The Labute approximate surface area is 89.1 Å². The molecule has 1 heterocycles. The van der Waals surface area contributed by atoms with Crippen molar-refractivity contribution in [3.05, 3.63) is 54.4 Å². The zero-order valence-electron chi connectivity index (χ0n) is 8.59. The van der Waals surface area contributed by atoms with Gasteiger partial charge in [-0.15, -0.1) is 0 Å². The molecule has 0 aliphatic carbocycles. The fourth-order valence-electron chi connectivity index (χ4n) is 1.30. The van der Waals surface area contributed by atoms with Crippen LogP contribution in [-0.4, -0.2) is 10.8 Å². The van der Waals surface area contributed by atoms with Gasteiger partial charge < -0.3 is 4.57 Å². The molecule has 3 heteroatoms. The lowest BCUT2D eigenvalue weighted by Gasteiger charge is -1.97. The van der Waals surface area contributed by atoms with E-state index < -0.39 is 0 Å². The summed E-state index contributed by atoms with van der Waals surface area (Å²) in [5, 5.41) is 4.14. The number of hydrogen-bond acceptors (Lipinski definition) is 2. The van der Waals surface area contributed by atoms with Gasteiger partial charge >= 0.3 is 0 Å². The molecule has 2 aromatic rings. The summed E-state index contributed by atoms with van der Waals surface area (Å²) in [6.07, 6.45) is 5.80. The summed E-state index contributed by atoms with van der Waals surface area (Å²) in [6, 6.07) is 11.9. The average Bonchev–Trinajstić information content (AvgIpc) is 2.66. The number of aromatic nitrogens is 1. The topological polar surface area (TPSA) is 29.3 Å². The quantitative estimate of drug-likeness (QED) is 0.597. The SMILES string of the molecule is Cn1ccc(/C=N\Nc2ccccc2)c1. The molecule has 0 spiro atoms. The summed E-state index contributed by atoms with van der Waals surface area (Å²) in [5.41, 5.74) is 5.04. The standard InChI is InChI=1S/C12H13N3/c1-15-8-7-11(10-15)9-13-14-12-5-3-2-4-6-12/h2-10,14H,1H3/b13-9-. The maximum atomic E-state index is 4.14. The van der Waals surface area contributed by atoms with E-state index in [1.54, 1.807) is 6.21 Å². The third kappa shape index (κ3) is 2.71. The van der Waals surface area contributed by atoms with Gasteiger partial charge in [0.1, 0.15) is 0 Å². The van der Waals surface area contributed by atoms with Gasteiger partial charge in [0.2, 0.25) is 0 Å². The van der Waals surface area contributed by atoms with Crippen molar-refractivity contribution in [1.29, 1.82) is 0 Å². The van der Waals surface area contributed by atoms with Crippen molar-refractivity contribution in [3.63, 3.8) is 0 Å². The second-order valence-electron chi connectivity index (χ2n) is 3.35. The zero-order chi connectivity index (χ0) is 10.5. The summed E-state index contributed by atoms with van der Waals surface area (Å²) in [5.74, 6) is 0. The minimum atomic E-state index is 0.990. The fourth-order valence-corrected chi connectivity index (χ4v) is 1.30. The normalized spacial score (nSPS) is 10.7. The summed E-state index contributed by atoms with van der Waals surface area (Å²) >= 11 is 0. The lowest BCUT2D eigenvalue weighted by atomic mass is 10.3. The van der Waals surface area contributed by atoms with Crippen LogP contribution in [0.5, 0.6) is 0 Å². The third-order valence-electron chi connectivity index (χ3n) is 2.04. The smallest absolute Gasteiger partial charge is 0.0561 e. The van der Waals surface area contributed by atoms with E-state index >= 15 is 0 Å². The summed E-state index contributed by atoms with van der Waals surface area (Å²) in [7, 11) is 1.99. The molecule has 0 saturated carbocycles. The number of benzene rings is 1. The molecule has 0 bridgehead atoms. The number of nitrogens with one attached hydrogen (secondary N) is 1. The van der Waals surface area contributed by atoms with Crippen LogP contribution in [0.3, 0.4) is 0 Å². The molecule has 0 aliphatic heterocycles. The second kappa shape index (κ2) is 4.46. The number of aryl methyl sites for hydroxylation is 1. The van der Waals surface area contributed by atoms with Crippen LogP contribution in [0.25, 0.3) is 0 Å². The van der Waals surface area contributed by atoms with Crippen molar-refractivity contribution < 1.29 is 0 Å². The van der Waals surface area contributed by atoms with Gasteiger partial charge in [0.15, 0.2) is 0 Å². The van der Waals surface area contributed by atoms with Crippen LogP contribution in [-0.2, 0) is 7.05 Å². The molecule has 1 aromatic heterocycles. The number of hydrogen-bond donors (Lipinski definition) is 1. The lowest BCUT2D eigenvalue weighted by molar-refractivity contribution is 0.927. The van der Waals surface area contributed by atoms with E-state index in [2.05, 4.69) is 10.5 Å². The molecule has 1 N–H and O–H groups in total. The zero-order valence-corrected chi connectivity index (χ0v) is 8.59. The average molecular weight is 199 g/mol. The monoisotopic (exact) mass is 199 g/mol. The Morgan fingerprint density at radius 2 is 2.00 bits per heavy atom. The highest BCUT2D eigenvalue weighted by Gasteiger charge is 1.89. The van der Waals surface area contributed by atoms with E-state index in [0.29, 0.717) is 0 Å². The van der Waals surface area contributed by atoms with Crippen LogP contribution in [0.2, 0.25) is 0 Å². The molecule has 0 amide bonds. The first-order chi connectivity index (χ1) is 7.34. The van der Waals surface area contributed by atoms with E-state index in [4.69, 9.17) is 0 Å². The van der Waals surface area contributed by atoms with Crippen molar-refractivity contribution in [1.82, 2.24) is 4.57 Å².